The average Bonchev–Trinajstić information content (AvgIpc) is 3.48. The Morgan fingerprint density at radius 3 is 2.61 bits per heavy atom. The fourth-order valence-electron chi connectivity index (χ4n) is 3.42. The van der Waals surface area contributed by atoms with Crippen LogP contribution in [0.3, 0.4) is 0 Å². The second kappa shape index (κ2) is 8.64. The van der Waals surface area contributed by atoms with Crippen LogP contribution in [0.4, 0.5) is 9.93 Å². The zero-order valence-electron chi connectivity index (χ0n) is 17.4. The summed E-state index contributed by atoms with van der Waals surface area (Å²) in [4.78, 5) is 47.8. The van der Waals surface area contributed by atoms with Crippen molar-refractivity contribution in [3.05, 3.63) is 70.7 Å². The van der Waals surface area contributed by atoms with E-state index in [2.05, 4.69) is 15.3 Å². The fourth-order valence-corrected chi connectivity index (χ4v) is 4.97. The van der Waals surface area contributed by atoms with Crippen LogP contribution in [0.2, 0.25) is 0 Å². The molecular formula is C23H17N5O3S2. The number of thiazole rings is 1. The summed E-state index contributed by atoms with van der Waals surface area (Å²) in [5.74, 6) is -0.450. The van der Waals surface area contributed by atoms with E-state index in [4.69, 9.17) is 0 Å². The predicted octanol–water partition coefficient (Wildman–Crippen LogP) is 4.37. The summed E-state index contributed by atoms with van der Waals surface area (Å²) in [6.07, 6.45) is 1.58. The lowest BCUT2D eigenvalue weighted by molar-refractivity contribution is -0.127. The molecule has 0 spiro atoms. The van der Waals surface area contributed by atoms with Crippen LogP contribution in [0.5, 0.6) is 0 Å². The molecule has 33 heavy (non-hydrogen) atoms. The minimum absolute atomic E-state index is 0.229. The van der Waals surface area contributed by atoms with E-state index in [1.807, 2.05) is 71.6 Å². The summed E-state index contributed by atoms with van der Waals surface area (Å²) in [7, 11) is 1.84. The Hall–Kier alpha value is -3.76. The summed E-state index contributed by atoms with van der Waals surface area (Å²) in [5, 5.41) is 4.41. The van der Waals surface area contributed by atoms with Gasteiger partial charge < -0.3 is 9.88 Å². The zero-order chi connectivity index (χ0) is 22.9. The highest BCUT2D eigenvalue weighted by Gasteiger charge is 2.36. The van der Waals surface area contributed by atoms with Gasteiger partial charge in [-0.2, -0.15) is 0 Å². The molecule has 0 atom stereocenters. The molecule has 1 N–H and O–H groups in total. The van der Waals surface area contributed by atoms with E-state index in [-0.39, 0.29) is 11.4 Å². The standard InChI is InChI=1S/C23H17N5O3S2/c1-27-17-10-6-5-9-15(17)24-19(27)11-18-21(30)28(23(31)33-18)12-20(29)26-22-25-16(13-32-22)14-7-3-2-4-8-14/h2-11,13H,12H2,1H3,(H,25,26,29)/b18-11-. The van der Waals surface area contributed by atoms with Crippen LogP contribution in [-0.4, -0.2) is 43.0 Å². The minimum Gasteiger partial charge on any atom is -0.328 e. The molecule has 1 saturated heterocycles. The molecule has 5 rings (SSSR count). The van der Waals surface area contributed by atoms with E-state index in [9.17, 15) is 14.4 Å². The lowest BCUT2D eigenvalue weighted by atomic mass is 10.2. The Labute approximate surface area is 197 Å². The van der Waals surface area contributed by atoms with Crippen molar-refractivity contribution in [2.75, 3.05) is 11.9 Å². The number of imide groups is 1. The first-order chi connectivity index (χ1) is 16.0. The summed E-state index contributed by atoms with van der Waals surface area (Å²) >= 11 is 2.08. The fraction of sp³-hybridized carbons (Fsp3) is 0.0870. The average molecular weight is 476 g/mol. The number of nitrogens with zero attached hydrogens (tertiary/aromatic N) is 4. The molecule has 2 aromatic carbocycles. The van der Waals surface area contributed by atoms with Gasteiger partial charge in [-0.05, 0) is 23.9 Å². The quantitative estimate of drug-likeness (QED) is 0.431. The molecule has 164 valence electrons. The highest BCUT2D eigenvalue weighted by molar-refractivity contribution is 8.18. The maximum absolute atomic E-state index is 12.8. The van der Waals surface area contributed by atoms with Gasteiger partial charge in [0, 0.05) is 24.1 Å². The predicted molar refractivity (Wildman–Crippen MR) is 130 cm³/mol. The van der Waals surface area contributed by atoms with Crippen LogP contribution in [0.25, 0.3) is 28.4 Å². The molecule has 10 heteroatoms. The lowest BCUT2D eigenvalue weighted by Gasteiger charge is -2.11. The van der Waals surface area contributed by atoms with Crippen LogP contribution in [0.1, 0.15) is 5.82 Å². The molecule has 0 unspecified atom stereocenters. The highest BCUT2D eigenvalue weighted by atomic mass is 32.2. The van der Waals surface area contributed by atoms with Gasteiger partial charge >= 0.3 is 0 Å². The van der Waals surface area contributed by atoms with Gasteiger partial charge in [-0.3, -0.25) is 19.3 Å². The van der Waals surface area contributed by atoms with Crippen molar-refractivity contribution in [1.82, 2.24) is 19.4 Å². The third-order valence-electron chi connectivity index (χ3n) is 5.08. The summed E-state index contributed by atoms with van der Waals surface area (Å²) in [6, 6.07) is 17.2. The molecule has 3 heterocycles. The second-order valence-electron chi connectivity index (χ2n) is 7.24. The van der Waals surface area contributed by atoms with Gasteiger partial charge in [0.15, 0.2) is 5.13 Å². The van der Waals surface area contributed by atoms with Crippen molar-refractivity contribution in [3.63, 3.8) is 0 Å². The number of thioether (sulfide) groups is 1. The smallest absolute Gasteiger partial charge is 0.294 e. The Bertz CT molecular complexity index is 1420. The summed E-state index contributed by atoms with van der Waals surface area (Å²) in [6.45, 7) is -0.384. The number of rotatable bonds is 5. The molecule has 3 amide bonds. The minimum atomic E-state index is -0.517. The maximum atomic E-state index is 12.8. The summed E-state index contributed by atoms with van der Waals surface area (Å²) in [5.41, 5.74) is 3.39. The number of hydrogen-bond acceptors (Lipinski definition) is 7. The number of nitrogens with one attached hydrogen (secondary N) is 1. The molecule has 0 aliphatic carbocycles. The molecule has 1 fully saturated rings. The van der Waals surface area contributed by atoms with Gasteiger partial charge in [0.1, 0.15) is 12.4 Å². The monoisotopic (exact) mass is 475 g/mol. The number of carbonyl (C=O) groups is 3. The second-order valence-corrected chi connectivity index (χ2v) is 9.09. The maximum Gasteiger partial charge on any atom is 0.294 e. The summed E-state index contributed by atoms with van der Waals surface area (Å²) < 4.78 is 1.85. The number of aryl methyl sites for hydroxylation is 1. The topological polar surface area (TPSA) is 97.2 Å². The van der Waals surface area contributed by atoms with E-state index in [1.54, 1.807) is 6.08 Å². The van der Waals surface area contributed by atoms with Crippen molar-refractivity contribution in [2.24, 2.45) is 7.05 Å². The molecule has 1 aliphatic heterocycles. The number of amides is 3. The van der Waals surface area contributed by atoms with Crippen LogP contribution in [-0.2, 0) is 16.6 Å². The van der Waals surface area contributed by atoms with Gasteiger partial charge in [-0.25, -0.2) is 9.97 Å². The number of fused-ring (bicyclic) bond motifs is 1. The first-order valence-electron chi connectivity index (χ1n) is 9.97. The van der Waals surface area contributed by atoms with Gasteiger partial charge in [0.2, 0.25) is 5.91 Å². The van der Waals surface area contributed by atoms with Crippen molar-refractivity contribution in [3.8, 4) is 11.3 Å². The number of imidazole rings is 1. The van der Waals surface area contributed by atoms with Crippen molar-refractivity contribution in [1.29, 1.82) is 0 Å². The van der Waals surface area contributed by atoms with E-state index in [0.29, 0.717) is 11.0 Å². The molecule has 1 aliphatic rings. The largest absolute Gasteiger partial charge is 0.328 e. The van der Waals surface area contributed by atoms with Crippen molar-refractivity contribution in [2.45, 2.75) is 0 Å². The van der Waals surface area contributed by atoms with Crippen LogP contribution in [0.15, 0.2) is 64.9 Å². The molecule has 0 saturated carbocycles. The van der Waals surface area contributed by atoms with E-state index in [1.165, 1.54) is 11.3 Å². The zero-order valence-corrected chi connectivity index (χ0v) is 19.0. The third kappa shape index (κ3) is 4.18. The molecule has 2 aromatic heterocycles. The van der Waals surface area contributed by atoms with E-state index >= 15 is 0 Å². The molecule has 0 bridgehead atoms. The Morgan fingerprint density at radius 1 is 1.06 bits per heavy atom. The van der Waals surface area contributed by atoms with Gasteiger partial charge in [0.05, 0.1) is 21.6 Å². The number of carbonyl (C=O) groups excluding carboxylic acids is 3. The van der Waals surface area contributed by atoms with Crippen LogP contribution >= 0.6 is 23.1 Å². The number of benzene rings is 2. The number of para-hydroxylation sites is 2. The van der Waals surface area contributed by atoms with E-state index in [0.717, 1.165) is 39.0 Å². The first kappa shape index (κ1) is 21.1. The first-order valence-corrected chi connectivity index (χ1v) is 11.7. The number of hydrogen-bond donors (Lipinski definition) is 1. The third-order valence-corrected chi connectivity index (χ3v) is 6.74. The normalized spacial score (nSPS) is 15.1. The number of anilines is 1. The Kier molecular flexibility index (Phi) is 5.53. The SMILES string of the molecule is Cn1c(/C=C2\SC(=O)N(CC(=O)Nc3nc(-c4ccccc4)cs3)C2=O)nc2ccccc21. The Morgan fingerprint density at radius 2 is 1.82 bits per heavy atom. The van der Waals surface area contributed by atoms with E-state index < -0.39 is 17.1 Å². The van der Waals surface area contributed by atoms with Crippen LogP contribution < -0.4 is 5.32 Å². The van der Waals surface area contributed by atoms with Crippen molar-refractivity contribution >= 4 is 62.4 Å². The molecular weight excluding hydrogens is 458 g/mol. The van der Waals surface area contributed by atoms with Gasteiger partial charge in [-0.15, -0.1) is 11.3 Å². The molecule has 0 radical (unpaired) electrons. The Balaban J connectivity index is 1.28. The van der Waals surface area contributed by atoms with Crippen LogP contribution in [0, 0.1) is 0 Å². The van der Waals surface area contributed by atoms with Gasteiger partial charge in [0.25, 0.3) is 11.1 Å². The lowest BCUT2D eigenvalue weighted by Crippen LogP contribution is -2.36. The molecule has 8 nitrogen and oxygen atoms in total. The highest BCUT2D eigenvalue weighted by Crippen LogP contribution is 2.32. The van der Waals surface area contributed by atoms with Crippen molar-refractivity contribution < 1.29 is 14.4 Å². The molecule has 4 aromatic rings. The number of aromatic nitrogens is 3. The van der Waals surface area contributed by atoms with Gasteiger partial charge in [-0.1, -0.05) is 42.5 Å².